The number of nitriles is 1. The van der Waals surface area contributed by atoms with Crippen LogP contribution in [0.5, 0.6) is 0 Å². The monoisotopic (exact) mass is 166 g/mol. The Balaban J connectivity index is 2.86. The molecule has 0 saturated carbocycles. The van der Waals surface area contributed by atoms with Crippen molar-refractivity contribution in [3.05, 3.63) is 16.8 Å². The van der Waals surface area contributed by atoms with Crippen molar-refractivity contribution in [2.45, 2.75) is 20.4 Å². The summed E-state index contributed by atoms with van der Waals surface area (Å²) in [4.78, 5) is 10.9. The van der Waals surface area contributed by atoms with Crippen LogP contribution < -0.4 is 5.69 Å². The van der Waals surface area contributed by atoms with E-state index in [1.165, 1.54) is 10.9 Å². The van der Waals surface area contributed by atoms with E-state index in [0.717, 1.165) is 0 Å². The van der Waals surface area contributed by atoms with Crippen LogP contribution in [0.25, 0.3) is 0 Å². The molecule has 1 aromatic rings. The molecule has 0 saturated heterocycles. The summed E-state index contributed by atoms with van der Waals surface area (Å²) < 4.78 is 1.38. The van der Waals surface area contributed by atoms with Crippen LogP contribution in [0.3, 0.4) is 0 Å². The van der Waals surface area contributed by atoms with Crippen molar-refractivity contribution in [3.8, 4) is 6.07 Å². The molecule has 0 radical (unpaired) electrons. The molecule has 0 unspecified atom stereocenters. The van der Waals surface area contributed by atoms with Gasteiger partial charge in [0.1, 0.15) is 6.33 Å². The number of hydrogen-bond acceptors (Lipinski definition) is 3. The smallest absolute Gasteiger partial charge is 0.280 e. The van der Waals surface area contributed by atoms with E-state index < -0.39 is 5.41 Å². The second kappa shape index (κ2) is 2.81. The van der Waals surface area contributed by atoms with Gasteiger partial charge in [-0.2, -0.15) is 10.4 Å². The van der Waals surface area contributed by atoms with Gasteiger partial charge in [-0.1, -0.05) is 0 Å². The van der Waals surface area contributed by atoms with E-state index in [9.17, 15) is 4.79 Å². The fraction of sp³-hybridized carbons (Fsp3) is 0.571. The molecule has 0 aromatic carbocycles. The van der Waals surface area contributed by atoms with Gasteiger partial charge in [0.15, 0.2) is 0 Å². The topological polar surface area (TPSA) is 74.5 Å². The van der Waals surface area contributed by atoms with Crippen molar-refractivity contribution in [2.24, 2.45) is 5.41 Å². The molecule has 0 aliphatic rings. The van der Waals surface area contributed by atoms with E-state index in [4.69, 9.17) is 5.26 Å². The molecule has 0 amide bonds. The highest BCUT2D eigenvalue weighted by atomic mass is 16.1. The molecule has 5 nitrogen and oxygen atoms in total. The van der Waals surface area contributed by atoms with Crippen LogP contribution in [0.2, 0.25) is 0 Å². The number of rotatable bonds is 2. The molecule has 5 heteroatoms. The summed E-state index contributed by atoms with van der Waals surface area (Å²) in [6.07, 6.45) is 1.39. The molecule has 0 aliphatic heterocycles. The Morgan fingerprint density at radius 1 is 1.83 bits per heavy atom. The molecule has 0 fully saturated rings. The van der Waals surface area contributed by atoms with Gasteiger partial charge in [-0.25, -0.2) is 9.89 Å². The maximum atomic E-state index is 10.9. The number of nitrogens with one attached hydrogen (secondary N) is 1. The Labute approximate surface area is 69.6 Å². The fourth-order valence-corrected chi connectivity index (χ4v) is 0.844. The third-order valence-corrected chi connectivity index (χ3v) is 1.49. The zero-order valence-electron chi connectivity index (χ0n) is 7.03. The molecule has 64 valence electrons. The first-order valence-electron chi connectivity index (χ1n) is 3.56. The molecule has 0 atom stereocenters. The third-order valence-electron chi connectivity index (χ3n) is 1.49. The second-order valence-electron chi connectivity index (χ2n) is 3.29. The SMILES string of the molecule is CC(C)(C#N)Cn1cn[nH]c1=O. The Morgan fingerprint density at radius 3 is 2.92 bits per heavy atom. The lowest BCUT2D eigenvalue weighted by Crippen LogP contribution is -2.25. The maximum absolute atomic E-state index is 10.9. The molecule has 1 aromatic heterocycles. The quantitative estimate of drug-likeness (QED) is 0.678. The first-order chi connectivity index (χ1) is 5.55. The van der Waals surface area contributed by atoms with E-state index in [1.807, 2.05) is 0 Å². The van der Waals surface area contributed by atoms with Gasteiger partial charge in [-0.05, 0) is 13.8 Å². The molecule has 12 heavy (non-hydrogen) atoms. The predicted molar refractivity (Wildman–Crippen MR) is 42.2 cm³/mol. The second-order valence-corrected chi connectivity index (χ2v) is 3.29. The molecule has 0 spiro atoms. The highest BCUT2D eigenvalue weighted by Gasteiger charge is 2.18. The summed E-state index contributed by atoms with van der Waals surface area (Å²) in [6.45, 7) is 3.90. The number of H-pyrrole nitrogens is 1. The van der Waals surface area contributed by atoms with Crippen LogP contribution in [0.4, 0.5) is 0 Å². The van der Waals surface area contributed by atoms with Crippen molar-refractivity contribution in [2.75, 3.05) is 0 Å². The van der Waals surface area contributed by atoms with Crippen LogP contribution in [-0.2, 0) is 6.54 Å². The standard InChI is InChI=1S/C7H10N4O/c1-7(2,3-8)4-11-5-9-10-6(11)12/h5H,4H2,1-2H3,(H,10,12). The molecule has 0 bridgehead atoms. The Kier molecular flexibility index (Phi) is 2.00. The van der Waals surface area contributed by atoms with Crippen LogP contribution in [0.1, 0.15) is 13.8 Å². The van der Waals surface area contributed by atoms with Gasteiger partial charge < -0.3 is 0 Å². The van der Waals surface area contributed by atoms with Gasteiger partial charge >= 0.3 is 5.69 Å². The van der Waals surface area contributed by atoms with Gasteiger partial charge in [0.05, 0.1) is 11.5 Å². The van der Waals surface area contributed by atoms with Crippen LogP contribution in [0.15, 0.2) is 11.1 Å². The van der Waals surface area contributed by atoms with Gasteiger partial charge in [-0.15, -0.1) is 0 Å². The highest BCUT2D eigenvalue weighted by molar-refractivity contribution is 4.92. The van der Waals surface area contributed by atoms with E-state index >= 15 is 0 Å². The number of aromatic amines is 1. The normalized spacial score (nSPS) is 11.1. The van der Waals surface area contributed by atoms with Crippen molar-refractivity contribution >= 4 is 0 Å². The van der Waals surface area contributed by atoms with E-state index in [1.54, 1.807) is 13.8 Å². The van der Waals surface area contributed by atoms with Gasteiger partial charge in [-0.3, -0.25) is 4.57 Å². The lowest BCUT2D eigenvalue weighted by Gasteiger charge is -2.13. The molecule has 1 rings (SSSR count). The summed E-state index contributed by atoms with van der Waals surface area (Å²) in [5.74, 6) is 0. The van der Waals surface area contributed by atoms with Crippen LogP contribution in [0, 0.1) is 16.7 Å². The molecule has 1 heterocycles. The van der Waals surface area contributed by atoms with E-state index in [2.05, 4.69) is 16.3 Å². The zero-order valence-corrected chi connectivity index (χ0v) is 7.03. The highest BCUT2D eigenvalue weighted by Crippen LogP contribution is 2.14. The summed E-state index contributed by atoms with van der Waals surface area (Å²) in [5.41, 5.74) is -0.813. The fourth-order valence-electron chi connectivity index (χ4n) is 0.844. The minimum atomic E-state index is -0.534. The van der Waals surface area contributed by atoms with Gasteiger partial charge in [0, 0.05) is 6.54 Å². The summed E-state index contributed by atoms with van der Waals surface area (Å²) in [5, 5.41) is 14.5. The summed E-state index contributed by atoms with van der Waals surface area (Å²) >= 11 is 0. The van der Waals surface area contributed by atoms with Crippen molar-refractivity contribution in [1.82, 2.24) is 14.8 Å². The molecular formula is C7H10N4O. The molecular weight excluding hydrogens is 156 g/mol. The molecule has 1 N–H and O–H groups in total. The minimum Gasteiger partial charge on any atom is -0.280 e. The Hall–Kier alpha value is -1.57. The van der Waals surface area contributed by atoms with Crippen molar-refractivity contribution in [3.63, 3.8) is 0 Å². The number of aromatic nitrogens is 3. The number of hydrogen-bond donors (Lipinski definition) is 1. The van der Waals surface area contributed by atoms with Crippen LogP contribution in [-0.4, -0.2) is 14.8 Å². The van der Waals surface area contributed by atoms with E-state index in [-0.39, 0.29) is 5.69 Å². The average Bonchev–Trinajstić information content (AvgIpc) is 2.36. The van der Waals surface area contributed by atoms with Crippen molar-refractivity contribution < 1.29 is 0 Å². The van der Waals surface area contributed by atoms with Crippen LogP contribution >= 0.6 is 0 Å². The Bertz CT molecular complexity index is 354. The summed E-state index contributed by atoms with van der Waals surface area (Å²) in [6, 6.07) is 2.11. The molecule has 0 aliphatic carbocycles. The summed E-state index contributed by atoms with van der Waals surface area (Å²) in [7, 11) is 0. The lowest BCUT2D eigenvalue weighted by molar-refractivity contribution is 0.402. The maximum Gasteiger partial charge on any atom is 0.343 e. The van der Waals surface area contributed by atoms with Gasteiger partial charge in [0.2, 0.25) is 0 Å². The predicted octanol–water partition coefficient (Wildman–Crippen LogP) is 0.121. The Morgan fingerprint density at radius 2 is 2.50 bits per heavy atom. The first kappa shape index (κ1) is 8.53. The average molecular weight is 166 g/mol. The van der Waals surface area contributed by atoms with E-state index in [0.29, 0.717) is 6.54 Å². The first-order valence-corrected chi connectivity index (χ1v) is 3.56. The van der Waals surface area contributed by atoms with Crippen molar-refractivity contribution in [1.29, 1.82) is 5.26 Å². The minimum absolute atomic E-state index is 0.279. The zero-order chi connectivity index (χ0) is 9.19. The van der Waals surface area contributed by atoms with Gasteiger partial charge in [0.25, 0.3) is 0 Å². The lowest BCUT2D eigenvalue weighted by atomic mass is 9.96. The number of nitrogens with zero attached hydrogens (tertiary/aromatic N) is 3. The third kappa shape index (κ3) is 1.72. The largest absolute Gasteiger partial charge is 0.343 e.